The molecule has 0 bridgehead atoms. The van der Waals surface area contributed by atoms with E-state index in [1.54, 1.807) is 24.3 Å². The number of hydrogen-bond acceptors (Lipinski definition) is 4. The van der Waals surface area contributed by atoms with E-state index >= 15 is 0 Å². The number of halogens is 1. The Morgan fingerprint density at radius 3 is 2.75 bits per heavy atom. The normalized spacial score (nSPS) is 10.4. The highest BCUT2D eigenvalue weighted by Gasteiger charge is 2.10. The van der Waals surface area contributed by atoms with E-state index in [1.165, 1.54) is 0 Å². The lowest BCUT2D eigenvalue weighted by Gasteiger charge is -2.05. The number of carbonyl (C=O) groups is 1. The Morgan fingerprint density at radius 1 is 1.21 bits per heavy atom. The van der Waals surface area contributed by atoms with Crippen molar-refractivity contribution >= 4 is 23.3 Å². The minimum Gasteiger partial charge on any atom is -0.337 e. The highest BCUT2D eigenvalue weighted by Crippen LogP contribution is 2.17. The van der Waals surface area contributed by atoms with Gasteiger partial charge in [0.1, 0.15) is 0 Å². The second kappa shape index (κ2) is 7.14. The van der Waals surface area contributed by atoms with Crippen LogP contribution >= 0.6 is 11.6 Å². The van der Waals surface area contributed by atoms with Gasteiger partial charge in [-0.2, -0.15) is 4.98 Å². The number of carbonyl (C=O) groups excluding carboxylic acids is 1. The highest BCUT2D eigenvalue weighted by atomic mass is 35.5. The van der Waals surface area contributed by atoms with Crippen molar-refractivity contribution in [1.82, 2.24) is 15.5 Å². The van der Waals surface area contributed by atoms with E-state index in [0.29, 0.717) is 22.4 Å². The molecule has 122 valence electrons. The maximum atomic E-state index is 11.8. The summed E-state index contributed by atoms with van der Waals surface area (Å²) in [4.78, 5) is 16.1. The third-order valence-electron chi connectivity index (χ3n) is 3.25. The van der Waals surface area contributed by atoms with Crippen LogP contribution < -0.4 is 10.6 Å². The summed E-state index contributed by atoms with van der Waals surface area (Å²) in [6.45, 7) is 2.13. The summed E-state index contributed by atoms with van der Waals surface area (Å²) in [7, 11) is 0. The van der Waals surface area contributed by atoms with E-state index in [-0.39, 0.29) is 12.6 Å². The van der Waals surface area contributed by atoms with Crippen molar-refractivity contribution in [3.63, 3.8) is 0 Å². The molecule has 2 aromatic carbocycles. The number of aromatic nitrogens is 2. The van der Waals surface area contributed by atoms with Crippen molar-refractivity contribution in [2.75, 3.05) is 5.32 Å². The lowest BCUT2D eigenvalue weighted by Crippen LogP contribution is -2.28. The lowest BCUT2D eigenvalue weighted by atomic mass is 10.1. The molecular weight excluding hydrogens is 328 g/mol. The predicted octanol–water partition coefficient (Wildman–Crippen LogP) is 4.02. The first kappa shape index (κ1) is 16.0. The minimum absolute atomic E-state index is 0.137. The minimum atomic E-state index is -0.368. The highest BCUT2D eigenvalue weighted by molar-refractivity contribution is 6.30. The molecule has 2 N–H and O–H groups in total. The number of nitrogens with zero attached hydrogens (tertiary/aromatic N) is 2. The van der Waals surface area contributed by atoms with E-state index in [2.05, 4.69) is 20.8 Å². The number of amides is 2. The molecule has 0 spiro atoms. The second-order valence-electron chi connectivity index (χ2n) is 5.20. The Labute approximate surface area is 143 Å². The fourth-order valence-corrected chi connectivity index (χ4v) is 2.22. The predicted molar refractivity (Wildman–Crippen MR) is 91.8 cm³/mol. The molecule has 7 heteroatoms. The molecule has 0 saturated carbocycles. The zero-order valence-corrected chi connectivity index (χ0v) is 13.7. The SMILES string of the molecule is Cc1cccc(-c2noc(CNC(=O)Nc3ccc(Cl)cc3)n2)c1. The molecule has 0 saturated heterocycles. The van der Waals surface area contributed by atoms with Crippen LogP contribution in [0.5, 0.6) is 0 Å². The van der Waals surface area contributed by atoms with Crippen LogP contribution in [0.15, 0.2) is 53.1 Å². The summed E-state index contributed by atoms with van der Waals surface area (Å²) in [6.07, 6.45) is 0. The molecule has 0 aliphatic rings. The van der Waals surface area contributed by atoms with Gasteiger partial charge in [-0.15, -0.1) is 0 Å². The Morgan fingerprint density at radius 2 is 2.00 bits per heavy atom. The van der Waals surface area contributed by atoms with Gasteiger partial charge in [0, 0.05) is 16.3 Å². The summed E-state index contributed by atoms with van der Waals surface area (Å²) in [5, 5.41) is 9.88. The van der Waals surface area contributed by atoms with Gasteiger partial charge in [0.2, 0.25) is 11.7 Å². The van der Waals surface area contributed by atoms with Crippen LogP contribution in [0.4, 0.5) is 10.5 Å². The zero-order valence-electron chi connectivity index (χ0n) is 12.9. The third kappa shape index (κ3) is 4.11. The molecule has 2 amide bonds. The molecule has 0 aliphatic carbocycles. The standard InChI is InChI=1S/C17H15ClN4O2/c1-11-3-2-4-12(9-11)16-21-15(24-22-16)10-19-17(23)20-14-7-5-13(18)6-8-14/h2-9H,10H2,1H3,(H2,19,20,23). The van der Waals surface area contributed by atoms with E-state index in [4.69, 9.17) is 16.1 Å². The molecule has 0 atom stereocenters. The average Bonchev–Trinajstić information content (AvgIpc) is 3.04. The van der Waals surface area contributed by atoms with E-state index in [0.717, 1.165) is 11.1 Å². The van der Waals surface area contributed by atoms with Gasteiger partial charge in [-0.25, -0.2) is 4.79 Å². The monoisotopic (exact) mass is 342 g/mol. The molecule has 1 heterocycles. The van der Waals surface area contributed by atoms with Gasteiger partial charge in [0.05, 0.1) is 6.54 Å². The zero-order chi connectivity index (χ0) is 16.9. The Hall–Kier alpha value is -2.86. The van der Waals surface area contributed by atoms with Crippen molar-refractivity contribution in [2.24, 2.45) is 0 Å². The quantitative estimate of drug-likeness (QED) is 0.750. The first-order chi connectivity index (χ1) is 11.6. The Bertz CT molecular complexity index is 846. The van der Waals surface area contributed by atoms with Crippen LogP contribution in [0.2, 0.25) is 5.02 Å². The van der Waals surface area contributed by atoms with Crippen LogP contribution in [0.1, 0.15) is 11.5 Å². The Balaban J connectivity index is 1.57. The molecule has 0 fully saturated rings. The largest absolute Gasteiger partial charge is 0.337 e. The van der Waals surface area contributed by atoms with Crippen molar-refractivity contribution in [3.8, 4) is 11.4 Å². The van der Waals surface area contributed by atoms with Gasteiger partial charge in [0.15, 0.2) is 0 Å². The maximum Gasteiger partial charge on any atom is 0.319 e. The molecule has 0 aliphatic heterocycles. The number of urea groups is 1. The number of hydrogen-bond donors (Lipinski definition) is 2. The first-order valence-corrected chi connectivity index (χ1v) is 7.68. The fourth-order valence-electron chi connectivity index (χ4n) is 2.09. The molecule has 0 unspecified atom stereocenters. The van der Waals surface area contributed by atoms with Gasteiger partial charge in [-0.05, 0) is 37.3 Å². The van der Waals surface area contributed by atoms with E-state index < -0.39 is 0 Å². The molecule has 1 aromatic heterocycles. The average molecular weight is 343 g/mol. The topological polar surface area (TPSA) is 80.0 Å². The van der Waals surface area contributed by atoms with Gasteiger partial charge in [-0.3, -0.25) is 0 Å². The van der Waals surface area contributed by atoms with Crippen molar-refractivity contribution in [1.29, 1.82) is 0 Å². The second-order valence-corrected chi connectivity index (χ2v) is 5.63. The van der Waals surface area contributed by atoms with Crippen LogP contribution in [0, 0.1) is 6.92 Å². The maximum absolute atomic E-state index is 11.8. The Kier molecular flexibility index (Phi) is 4.77. The van der Waals surface area contributed by atoms with Gasteiger partial charge in [-0.1, -0.05) is 40.5 Å². The van der Waals surface area contributed by atoms with Crippen LogP contribution in [0.3, 0.4) is 0 Å². The smallest absolute Gasteiger partial charge is 0.319 e. The van der Waals surface area contributed by atoms with Crippen LogP contribution in [-0.2, 0) is 6.54 Å². The molecule has 0 radical (unpaired) electrons. The number of aryl methyl sites for hydroxylation is 1. The number of nitrogens with one attached hydrogen (secondary N) is 2. The first-order valence-electron chi connectivity index (χ1n) is 7.30. The number of anilines is 1. The lowest BCUT2D eigenvalue weighted by molar-refractivity contribution is 0.249. The van der Waals surface area contributed by atoms with Crippen LogP contribution in [0.25, 0.3) is 11.4 Å². The van der Waals surface area contributed by atoms with Crippen molar-refractivity contribution in [2.45, 2.75) is 13.5 Å². The summed E-state index contributed by atoms with van der Waals surface area (Å²) in [5.41, 5.74) is 2.62. The van der Waals surface area contributed by atoms with Crippen LogP contribution in [-0.4, -0.2) is 16.2 Å². The molecule has 3 rings (SSSR count). The summed E-state index contributed by atoms with van der Waals surface area (Å²) >= 11 is 5.80. The molecule has 3 aromatic rings. The summed E-state index contributed by atoms with van der Waals surface area (Å²) in [5.74, 6) is 0.825. The molecule has 6 nitrogen and oxygen atoms in total. The van der Waals surface area contributed by atoms with E-state index in [9.17, 15) is 4.79 Å². The van der Waals surface area contributed by atoms with E-state index in [1.807, 2.05) is 31.2 Å². The van der Waals surface area contributed by atoms with Gasteiger partial charge in [0.25, 0.3) is 0 Å². The number of rotatable bonds is 4. The third-order valence-corrected chi connectivity index (χ3v) is 3.50. The molecule has 24 heavy (non-hydrogen) atoms. The van der Waals surface area contributed by atoms with Gasteiger partial charge >= 0.3 is 6.03 Å². The number of benzene rings is 2. The van der Waals surface area contributed by atoms with Crippen molar-refractivity contribution in [3.05, 3.63) is 65.0 Å². The van der Waals surface area contributed by atoms with Gasteiger partial charge < -0.3 is 15.2 Å². The summed E-state index contributed by atoms with van der Waals surface area (Å²) < 4.78 is 5.15. The summed E-state index contributed by atoms with van der Waals surface area (Å²) in [6, 6.07) is 14.2. The fraction of sp³-hybridized carbons (Fsp3) is 0.118. The molecular formula is C17H15ClN4O2. The van der Waals surface area contributed by atoms with Crippen molar-refractivity contribution < 1.29 is 9.32 Å².